The second-order valence-electron chi connectivity index (χ2n) is 4.27. The molecule has 1 aromatic rings. The number of benzene rings is 1. The van der Waals surface area contributed by atoms with Crippen molar-refractivity contribution in [2.24, 2.45) is 0 Å². The van der Waals surface area contributed by atoms with Gasteiger partial charge < -0.3 is 5.32 Å². The molecule has 1 aliphatic heterocycles. The van der Waals surface area contributed by atoms with Gasteiger partial charge in [0.1, 0.15) is 5.82 Å². The van der Waals surface area contributed by atoms with Crippen LogP contribution in [0.5, 0.6) is 0 Å². The number of non-ortho nitro benzene ring substituents is 1. The molecule has 1 aliphatic rings. The van der Waals surface area contributed by atoms with E-state index in [1.54, 1.807) is 11.8 Å². The number of amides is 1. The van der Waals surface area contributed by atoms with E-state index in [0.717, 1.165) is 36.8 Å². The first-order valence-corrected chi connectivity index (χ1v) is 6.96. The molecule has 1 saturated heterocycles. The van der Waals surface area contributed by atoms with E-state index in [-0.39, 0.29) is 11.3 Å². The van der Waals surface area contributed by atoms with Gasteiger partial charge in [0, 0.05) is 17.9 Å². The van der Waals surface area contributed by atoms with Crippen molar-refractivity contribution in [3.63, 3.8) is 0 Å². The summed E-state index contributed by atoms with van der Waals surface area (Å²) < 4.78 is 13.6. The predicted octanol–water partition coefficient (Wildman–Crippen LogP) is 2.36. The average Bonchev–Trinajstić information content (AvgIpc) is 2.88. The van der Waals surface area contributed by atoms with E-state index in [0.29, 0.717) is 11.8 Å². The minimum Gasteiger partial charge on any atom is -0.351 e. The number of carbonyl (C=O) groups is 1. The summed E-state index contributed by atoms with van der Waals surface area (Å²) >= 11 is 1.79. The highest BCUT2D eigenvalue weighted by Crippen LogP contribution is 2.25. The standard InChI is InChI=1S/C12H13FN2O3S/c13-11-6-8(15(17)18)3-4-10(11)12(16)14-7-9-2-1-5-19-9/h3-4,6,9H,1-2,5,7H2,(H,14,16). The minimum atomic E-state index is -0.870. The van der Waals surface area contributed by atoms with Crippen molar-refractivity contribution >= 4 is 23.4 Å². The maximum Gasteiger partial charge on any atom is 0.272 e. The van der Waals surface area contributed by atoms with E-state index < -0.39 is 16.6 Å². The molecule has 1 heterocycles. The van der Waals surface area contributed by atoms with Crippen molar-refractivity contribution in [1.29, 1.82) is 0 Å². The maximum atomic E-state index is 13.6. The normalized spacial score (nSPS) is 18.3. The fourth-order valence-electron chi connectivity index (χ4n) is 1.91. The van der Waals surface area contributed by atoms with Gasteiger partial charge in [0.25, 0.3) is 11.6 Å². The van der Waals surface area contributed by atoms with Gasteiger partial charge >= 0.3 is 0 Å². The highest BCUT2D eigenvalue weighted by molar-refractivity contribution is 8.00. The number of carbonyl (C=O) groups excluding carboxylic acids is 1. The van der Waals surface area contributed by atoms with Crippen LogP contribution in [0.3, 0.4) is 0 Å². The molecular weight excluding hydrogens is 271 g/mol. The van der Waals surface area contributed by atoms with Gasteiger partial charge in [-0.15, -0.1) is 0 Å². The second kappa shape index (κ2) is 6.01. The molecule has 0 spiro atoms. The molecule has 0 aliphatic carbocycles. The zero-order valence-electron chi connectivity index (χ0n) is 10.1. The first-order chi connectivity index (χ1) is 9.08. The van der Waals surface area contributed by atoms with Crippen molar-refractivity contribution in [3.05, 3.63) is 39.7 Å². The second-order valence-corrected chi connectivity index (χ2v) is 5.67. The van der Waals surface area contributed by atoms with E-state index >= 15 is 0 Å². The van der Waals surface area contributed by atoms with E-state index in [9.17, 15) is 19.3 Å². The van der Waals surface area contributed by atoms with Crippen molar-refractivity contribution in [1.82, 2.24) is 5.32 Å². The predicted molar refractivity (Wildman–Crippen MR) is 70.9 cm³/mol. The summed E-state index contributed by atoms with van der Waals surface area (Å²) in [7, 11) is 0. The molecule has 1 fully saturated rings. The molecule has 19 heavy (non-hydrogen) atoms. The van der Waals surface area contributed by atoms with Crippen LogP contribution in [0.25, 0.3) is 0 Å². The van der Waals surface area contributed by atoms with Gasteiger partial charge in [0.05, 0.1) is 16.6 Å². The van der Waals surface area contributed by atoms with Gasteiger partial charge in [-0.3, -0.25) is 14.9 Å². The number of hydrogen-bond donors (Lipinski definition) is 1. The lowest BCUT2D eigenvalue weighted by molar-refractivity contribution is -0.385. The van der Waals surface area contributed by atoms with Gasteiger partial charge in [-0.2, -0.15) is 11.8 Å². The molecule has 1 amide bonds. The number of thioether (sulfide) groups is 1. The zero-order chi connectivity index (χ0) is 13.8. The van der Waals surface area contributed by atoms with E-state index in [1.165, 1.54) is 0 Å². The van der Waals surface area contributed by atoms with Gasteiger partial charge in [-0.25, -0.2) is 4.39 Å². The Bertz CT molecular complexity index is 504. The highest BCUT2D eigenvalue weighted by atomic mass is 32.2. The third-order valence-corrected chi connectivity index (χ3v) is 4.32. The fraction of sp³-hybridized carbons (Fsp3) is 0.417. The summed E-state index contributed by atoms with van der Waals surface area (Å²) in [5.74, 6) is -0.308. The van der Waals surface area contributed by atoms with E-state index in [1.807, 2.05) is 0 Å². The third kappa shape index (κ3) is 3.44. The summed E-state index contributed by atoms with van der Waals surface area (Å²) in [6, 6.07) is 3.03. The van der Waals surface area contributed by atoms with Crippen LogP contribution in [0.4, 0.5) is 10.1 Å². The van der Waals surface area contributed by atoms with E-state index in [2.05, 4.69) is 5.32 Å². The lowest BCUT2D eigenvalue weighted by Crippen LogP contribution is -2.30. The number of nitrogens with zero attached hydrogens (tertiary/aromatic N) is 1. The smallest absolute Gasteiger partial charge is 0.272 e. The average molecular weight is 284 g/mol. The molecule has 102 valence electrons. The van der Waals surface area contributed by atoms with Gasteiger partial charge in [0.2, 0.25) is 0 Å². The third-order valence-electron chi connectivity index (χ3n) is 2.92. The summed E-state index contributed by atoms with van der Waals surface area (Å²) in [6.45, 7) is 0.500. The molecule has 2 rings (SSSR count). The molecule has 0 bridgehead atoms. The topological polar surface area (TPSA) is 72.2 Å². The summed E-state index contributed by atoms with van der Waals surface area (Å²) in [4.78, 5) is 21.5. The largest absolute Gasteiger partial charge is 0.351 e. The number of hydrogen-bond acceptors (Lipinski definition) is 4. The molecule has 1 N–H and O–H groups in total. The summed E-state index contributed by atoms with van der Waals surface area (Å²) in [5, 5.41) is 13.5. The van der Waals surface area contributed by atoms with Crippen LogP contribution in [0, 0.1) is 15.9 Å². The molecule has 1 atom stereocenters. The Morgan fingerprint density at radius 2 is 2.37 bits per heavy atom. The summed E-state index contributed by atoms with van der Waals surface area (Å²) in [6.07, 6.45) is 2.19. The molecule has 7 heteroatoms. The number of nitro groups is 1. The fourth-order valence-corrected chi connectivity index (χ4v) is 3.11. The lowest BCUT2D eigenvalue weighted by Gasteiger charge is -2.10. The van der Waals surface area contributed by atoms with Crippen LogP contribution in [0.1, 0.15) is 23.2 Å². The molecule has 0 saturated carbocycles. The Morgan fingerprint density at radius 1 is 1.58 bits per heavy atom. The highest BCUT2D eigenvalue weighted by Gasteiger charge is 2.19. The molecule has 0 radical (unpaired) electrons. The van der Waals surface area contributed by atoms with Crippen LogP contribution in [0.15, 0.2) is 18.2 Å². The van der Waals surface area contributed by atoms with Gasteiger partial charge in [-0.05, 0) is 24.7 Å². The van der Waals surface area contributed by atoms with Crippen molar-refractivity contribution < 1.29 is 14.1 Å². The minimum absolute atomic E-state index is 0.159. The summed E-state index contributed by atoms with van der Waals surface area (Å²) in [5.41, 5.74) is -0.519. The van der Waals surface area contributed by atoms with Crippen LogP contribution < -0.4 is 5.32 Å². The monoisotopic (exact) mass is 284 g/mol. The molecule has 0 aromatic heterocycles. The van der Waals surface area contributed by atoms with Crippen LogP contribution >= 0.6 is 11.8 Å². The number of halogens is 1. The number of rotatable bonds is 4. The van der Waals surface area contributed by atoms with Crippen molar-refractivity contribution in [2.45, 2.75) is 18.1 Å². The lowest BCUT2D eigenvalue weighted by atomic mass is 10.1. The Hall–Kier alpha value is -1.63. The molecular formula is C12H13FN2O3S. The Kier molecular flexibility index (Phi) is 4.36. The van der Waals surface area contributed by atoms with Crippen LogP contribution in [-0.2, 0) is 0 Å². The van der Waals surface area contributed by atoms with Gasteiger partial charge in [-0.1, -0.05) is 0 Å². The molecule has 1 aromatic carbocycles. The number of nitrogens with one attached hydrogen (secondary N) is 1. The maximum absolute atomic E-state index is 13.6. The number of nitro benzene ring substituents is 1. The van der Waals surface area contributed by atoms with Crippen LogP contribution in [0.2, 0.25) is 0 Å². The Labute approximate surface area is 113 Å². The van der Waals surface area contributed by atoms with E-state index in [4.69, 9.17) is 0 Å². The van der Waals surface area contributed by atoms with Crippen LogP contribution in [-0.4, -0.2) is 28.4 Å². The SMILES string of the molecule is O=C(NCC1CCCS1)c1ccc([N+](=O)[O-])cc1F. The van der Waals surface area contributed by atoms with Crippen molar-refractivity contribution in [3.8, 4) is 0 Å². The quantitative estimate of drug-likeness (QED) is 0.680. The molecule has 5 nitrogen and oxygen atoms in total. The Balaban J connectivity index is 2.00. The first-order valence-electron chi connectivity index (χ1n) is 5.91. The molecule has 1 unspecified atom stereocenters. The van der Waals surface area contributed by atoms with Crippen molar-refractivity contribution in [2.75, 3.05) is 12.3 Å². The Morgan fingerprint density at radius 3 is 2.95 bits per heavy atom. The zero-order valence-corrected chi connectivity index (χ0v) is 10.9. The van der Waals surface area contributed by atoms with Gasteiger partial charge in [0.15, 0.2) is 0 Å². The first kappa shape index (κ1) is 13.8.